The maximum absolute atomic E-state index is 11.1. The molecule has 19 heavy (non-hydrogen) atoms. The standard InChI is InChI=1S/C18H26O/c1-13-11-14(2)18(15(3)12-13)17(9-10-19)16-7-5-4-6-8-16/h10-12,16-17H,4-9H2,1-3H3. The fraction of sp³-hybridized carbons (Fsp3) is 0.611. The van der Waals surface area contributed by atoms with Gasteiger partial charge in [-0.15, -0.1) is 0 Å². The minimum atomic E-state index is 0.443. The highest BCUT2D eigenvalue weighted by atomic mass is 16.1. The molecule has 1 heteroatoms. The topological polar surface area (TPSA) is 17.1 Å². The molecular formula is C18H26O. The van der Waals surface area contributed by atoms with Crippen LogP contribution in [0.25, 0.3) is 0 Å². The Labute approximate surface area is 117 Å². The van der Waals surface area contributed by atoms with Crippen LogP contribution in [0.4, 0.5) is 0 Å². The van der Waals surface area contributed by atoms with Gasteiger partial charge in [0, 0.05) is 6.42 Å². The summed E-state index contributed by atoms with van der Waals surface area (Å²) in [4.78, 5) is 11.1. The van der Waals surface area contributed by atoms with Crippen LogP contribution in [0.2, 0.25) is 0 Å². The maximum atomic E-state index is 11.1. The van der Waals surface area contributed by atoms with E-state index >= 15 is 0 Å². The fourth-order valence-corrected chi connectivity index (χ4v) is 3.96. The zero-order valence-corrected chi connectivity index (χ0v) is 12.5. The second-order valence-electron chi connectivity index (χ2n) is 6.22. The molecule has 0 saturated heterocycles. The average Bonchev–Trinajstić information content (AvgIpc) is 2.37. The Balaban J connectivity index is 2.35. The monoisotopic (exact) mass is 258 g/mol. The highest BCUT2D eigenvalue weighted by Gasteiger charge is 2.27. The molecular weight excluding hydrogens is 232 g/mol. The molecule has 0 bridgehead atoms. The average molecular weight is 258 g/mol. The summed E-state index contributed by atoms with van der Waals surface area (Å²) in [5, 5.41) is 0. The van der Waals surface area contributed by atoms with Crippen molar-refractivity contribution in [2.24, 2.45) is 5.92 Å². The number of carbonyl (C=O) groups is 1. The van der Waals surface area contributed by atoms with Crippen LogP contribution >= 0.6 is 0 Å². The van der Waals surface area contributed by atoms with E-state index in [1.807, 2.05) is 0 Å². The molecule has 104 valence electrons. The summed E-state index contributed by atoms with van der Waals surface area (Å²) in [5.41, 5.74) is 5.52. The van der Waals surface area contributed by atoms with Crippen molar-refractivity contribution in [3.63, 3.8) is 0 Å². The first-order valence-electron chi connectivity index (χ1n) is 7.65. The predicted molar refractivity (Wildman–Crippen MR) is 80.7 cm³/mol. The van der Waals surface area contributed by atoms with Gasteiger partial charge in [-0.05, 0) is 62.1 Å². The molecule has 1 aromatic carbocycles. The van der Waals surface area contributed by atoms with Crippen LogP contribution in [0, 0.1) is 26.7 Å². The number of hydrogen-bond donors (Lipinski definition) is 0. The number of aldehydes is 1. The summed E-state index contributed by atoms with van der Waals surface area (Å²) >= 11 is 0. The number of rotatable bonds is 4. The van der Waals surface area contributed by atoms with Crippen LogP contribution in [0.5, 0.6) is 0 Å². The molecule has 1 nitrogen and oxygen atoms in total. The van der Waals surface area contributed by atoms with Gasteiger partial charge in [-0.25, -0.2) is 0 Å². The lowest BCUT2D eigenvalue weighted by atomic mass is 9.73. The zero-order valence-electron chi connectivity index (χ0n) is 12.5. The molecule has 1 unspecified atom stereocenters. The second-order valence-corrected chi connectivity index (χ2v) is 6.22. The molecule has 1 atom stereocenters. The third kappa shape index (κ3) is 3.26. The van der Waals surface area contributed by atoms with Gasteiger partial charge in [0.25, 0.3) is 0 Å². The highest BCUT2D eigenvalue weighted by Crippen LogP contribution is 2.40. The van der Waals surface area contributed by atoms with E-state index in [1.54, 1.807) is 0 Å². The van der Waals surface area contributed by atoms with Gasteiger partial charge in [0.2, 0.25) is 0 Å². The Hall–Kier alpha value is -1.11. The van der Waals surface area contributed by atoms with E-state index in [9.17, 15) is 4.79 Å². The van der Waals surface area contributed by atoms with Crippen molar-refractivity contribution in [3.8, 4) is 0 Å². The van der Waals surface area contributed by atoms with Gasteiger partial charge >= 0.3 is 0 Å². The zero-order chi connectivity index (χ0) is 13.8. The van der Waals surface area contributed by atoms with Crippen molar-refractivity contribution in [1.29, 1.82) is 0 Å². The van der Waals surface area contributed by atoms with Gasteiger partial charge in [0.05, 0.1) is 0 Å². The molecule has 1 aromatic rings. The van der Waals surface area contributed by atoms with Crippen LogP contribution in [-0.2, 0) is 4.79 Å². The van der Waals surface area contributed by atoms with Gasteiger partial charge in [-0.3, -0.25) is 0 Å². The molecule has 1 aliphatic rings. The summed E-state index contributed by atoms with van der Waals surface area (Å²) in [6.07, 6.45) is 8.45. The Morgan fingerprint density at radius 2 is 1.68 bits per heavy atom. The summed E-state index contributed by atoms with van der Waals surface area (Å²) in [5.74, 6) is 1.15. The molecule has 1 fully saturated rings. The lowest BCUT2D eigenvalue weighted by Gasteiger charge is -2.31. The van der Waals surface area contributed by atoms with Crippen molar-refractivity contribution < 1.29 is 4.79 Å². The first-order valence-corrected chi connectivity index (χ1v) is 7.65. The summed E-state index contributed by atoms with van der Waals surface area (Å²) in [7, 11) is 0. The molecule has 1 saturated carbocycles. The molecule has 2 rings (SSSR count). The Morgan fingerprint density at radius 3 is 2.21 bits per heavy atom. The molecule has 0 radical (unpaired) electrons. The van der Waals surface area contributed by atoms with Crippen molar-refractivity contribution in [2.75, 3.05) is 0 Å². The van der Waals surface area contributed by atoms with Crippen LogP contribution < -0.4 is 0 Å². The normalized spacial score (nSPS) is 18.3. The van der Waals surface area contributed by atoms with Crippen molar-refractivity contribution >= 4 is 6.29 Å². The van der Waals surface area contributed by atoms with Crippen LogP contribution in [0.3, 0.4) is 0 Å². The third-order valence-corrected chi connectivity index (χ3v) is 4.68. The number of aryl methyl sites for hydroxylation is 3. The molecule has 0 amide bonds. The van der Waals surface area contributed by atoms with E-state index in [2.05, 4.69) is 32.9 Å². The number of benzene rings is 1. The lowest BCUT2D eigenvalue weighted by molar-refractivity contribution is -0.108. The maximum Gasteiger partial charge on any atom is 0.120 e. The minimum absolute atomic E-state index is 0.443. The second kappa shape index (κ2) is 6.36. The van der Waals surface area contributed by atoms with E-state index in [0.29, 0.717) is 18.3 Å². The van der Waals surface area contributed by atoms with Gasteiger partial charge in [-0.1, -0.05) is 37.0 Å². The quantitative estimate of drug-likeness (QED) is 0.704. The highest BCUT2D eigenvalue weighted by molar-refractivity contribution is 5.53. The molecule has 0 N–H and O–H groups in total. The van der Waals surface area contributed by atoms with Gasteiger partial charge < -0.3 is 4.79 Å². The van der Waals surface area contributed by atoms with E-state index < -0.39 is 0 Å². The van der Waals surface area contributed by atoms with Gasteiger partial charge in [0.1, 0.15) is 6.29 Å². The van der Waals surface area contributed by atoms with E-state index in [0.717, 1.165) is 6.29 Å². The summed E-state index contributed by atoms with van der Waals surface area (Å²) in [6, 6.07) is 4.53. The first-order chi connectivity index (χ1) is 9.13. The van der Waals surface area contributed by atoms with E-state index in [1.165, 1.54) is 54.4 Å². The number of hydrogen-bond acceptors (Lipinski definition) is 1. The largest absolute Gasteiger partial charge is 0.303 e. The van der Waals surface area contributed by atoms with Crippen molar-refractivity contribution in [3.05, 3.63) is 34.4 Å². The molecule has 0 aliphatic heterocycles. The van der Waals surface area contributed by atoms with Crippen LogP contribution in [-0.4, -0.2) is 6.29 Å². The third-order valence-electron chi connectivity index (χ3n) is 4.68. The van der Waals surface area contributed by atoms with Gasteiger partial charge in [-0.2, -0.15) is 0 Å². The predicted octanol–water partition coefficient (Wildman–Crippen LogP) is 4.86. The minimum Gasteiger partial charge on any atom is -0.303 e. The lowest BCUT2D eigenvalue weighted by Crippen LogP contribution is -2.19. The fourth-order valence-electron chi connectivity index (χ4n) is 3.96. The SMILES string of the molecule is Cc1cc(C)c(C(CC=O)C2CCCCC2)c(C)c1. The smallest absolute Gasteiger partial charge is 0.120 e. The van der Waals surface area contributed by atoms with Gasteiger partial charge in [0.15, 0.2) is 0 Å². The first kappa shape index (κ1) is 14.3. The van der Waals surface area contributed by atoms with Crippen LogP contribution in [0.15, 0.2) is 12.1 Å². The molecule has 1 aliphatic carbocycles. The molecule has 0 spiro atoms. The Morgan fingerprint density at radius 1 is 1.11 bits per heavy atom. The van der Waals surface area contributed by atoms with E-state index in [4.69, 9.17) is 0 Å². The van der Waals surface area contributed by atoms with Crippen molar-refractivity contribution in [2.45, 2.75) is 65.2 Å². The molecule has 0 aromatic heterocycles. The summed E-state index contributed by atoms with van der Waals surface area (Å²) < 4.78 is 0. The van der Waals surface area contributed by atoms with Crippen molar-refractivity contribution in [1.82, 2.24) is 0 Å². The van der Waals surface area contributed by atoms with Crippen LogP contribution in [0.1, 0.15) is 66.7 Å². The summed E-state index contributed by atoms with van der Waals surface area (Å²) in [6.45, 7) is 6.56. The Kier molecular flexibility index (Phi) is 4.79. The van der Waals surface area contributed by atoms with E-state index in [-0.39, 0.29) is 0 Å². The Bertz CT molecular complexity index is 418. The number of carbonyl (C=O) groups excluding carboxylic acids is 1. The molecule has 0 heterocycles.